The second kappa shape index (κ2) is 6.09. The highest BCUT2D eigenvalue weighted by atomic mass is 32.1. The summed E-state index contributed by atoms with van der Waals surface area (Å²) in [5, 5.41) is 14.8. The Morgan fingerprint density at radius 3 is 3.41 bits per heavy atom. The first kappa shape index (κ1) is 12.5. The summed E-state index contributed by atoms with van der Waals surface area (Å²) in [6.45, 7) is 3.35. The lowest BCUT2D eigenvalue weighted by atomic mass is 10.1. The zero-order valence-electron chi connectivity index (χ0n) is 9.52. The van der Waals surface area contributed by atoms with Crippen molar-refractivity contribution in [2.45, 2.75) is 12.8 Å². The fourth-order valence-electron chi connectivity index (χ4n) is 1.82. The van der Waals surface area contributed by atoms with Crippen molar-refractivity contribution in [2.24, 2.45) is 5.92 Å². The van der Waals surface area contributed by atoms with Crippen LogP contribution >= 0.6 is 11.3 Å². The number of hydrogen-bond acceptors (Lipinski definition) is 5. The molecule has 94 valence electrons. The highest BCUT2D eigenvalue weighted by Gasteiger charge is 2.15. The molecule has 2 N–H and O–H groups in total. The summed E-state index contributed by atoms with van der Waals surface area (Å²) in [5.41, 5.74) is 0.653. The second-order valence-corrected chi connectivity index (χ2v) is 5.09. The monoisotopic (exact) mass is 256 g/mol. The Hall–Kier alpha value is -0.980. The zero-order valence-corrected chi connectivity index (χ0v) is 10.3. The molecular weight excluding hydrogens is 240 g/mol. The van der Waals surface area contributed by atoms with Gasteiger partial charge in [0.1, 0.15) is 0 Å². The van der Waals surface area contributed by atoms with Gasteiger partial charge in [0.05, 0.1) is 30.3 Å². The minimum absolute atomic E-state index is 0.00984. The van der Waals surface area contributed by atoms with Gasteiger partial charge in [0.15, 0.2) is 0 Å². The molecule has 0 spiro atoms. The first-order chi connectivity index (χ1) is 8.24. The molecule has 0 radical (unpaired) electrons. The number of aliphatic carboxylic acids is 1. The topological polar surface area (TPSA) is 71.5 Å². The molecule has 17 heavy (non-hydrogen) atoms. The van der Waals surface area contributed by atoms with Gasteiger partial charge in [-0.25, -0.2) is 4.98 Å². The molecule has 1 aromatic heterocycles. The summed E-state index contributed by atoms with van der Waals surface area (Å²) in [6, 6.07) is 0. The second-order valence-electron chi connectivity index (χ2n) is 4.15. The number of rotatable bonds is 4. The minimum atomic E-state index is -0.832. The molecule has 0 bridgehead atoms. The predicted molar refractivity (Wildman–Crippen MR) is 64.3 cm³/mol. The van der Waals surface area contributed by atoms with E-state index in [0.29, 0.717) is 11.6 Å². The fraction of sp³-hybridized carbons (Fsp3) is 0.636. The van der Waals surface area contributed by atoms with Crippen molar-refractivity contribution in [3.63, 3.8) is 0 Å². The highest BCUT2D eigenvalue weighted by molar-refractivity contribution is 7.09. The third-order valence-electron chi connectivity index (χ3n) is 2.60. The molecule has 2 rings (SSSR count). The molecule has 0 aliphatic carbocycles. The van der Waals surface area contributed by atoms with Crippen LogP contribution in [-0.4, -0.2) is 42.4 Å². The van der Waals surface area contributed by atoms with Gasteiger partial charge in [-0.1, -0.05) is 0 Å². The SMILES string of the molecule is O=C(O)Cc1csc(CC2CNCCOC2)n1. The fourth-order valence-corrected chi connectivity index (χ4v) is 2.73. The van der Waals surface area contributed by atoms with Crippen LogP contribution in [0.25, 0.3) is 0 Å². The first-order valence-corrected chi connectivity index (χ1v) is 6.55. The maximum Gasteiger partial charge on any atom is 0.309 e. The van der Waals surface area contributed by atoms with Crippen molar-refractivity contribution in [1.82, 2.24) is 10.3 Å². The van der Waals surface area contributed by atoms with Crippen LogP contribution in [0.2, 0.25) is 0 Å². The Labute approximate surface area is 104 Å². The van der Waals surface area contributed by atoms with E-state index in [0.717, 1.165) is 37.7 Å². The predicted octanol–water partition coefficient (Wildman–Crippen LogP) is 0.549. The highest BCUT2D eigenvalue weighted by Crippen LogP contribution is 2.16. The molecule has 0 amide bonds. The van der Waals surface area contributed by atoms with Crippen molar-refractivity contribution in [3.8, 4) is 0 Å². The van der Waals surface area contributed by atoms with Crippen molar-refractivity contribution in [1.29, 1.82) is 0 Å². The van der Waals surface area contributed by atoms with E-state index >= 15 is 0 Å². The van der Waals surface area contributed by atoms with Gasteiger partial charge < -0.3 is 15.2 Å². The molecule has 1 aromatic rings. The molecular formula is C11H16N2O3S. The number of ether oxygens (including phenoxy) is 1. The number of carboxylic acid groups (broad SMARTS) is 1. The van der Waals surface area contributed by atoms with Crippen molar-refractivity contribution in [3.05, 3.63) is 16.1 Å². The minimum Gasteiger partial charge on any atom is -0.481 e. The van der Waals surface area contributed by atoms with E-state index in [2.05, 4.69) is 10.3 Å². The lowest BCUT2D eigenvalue weighted by Crippen LogP contribution is -2.24. The van der Waals surface area contributed by atoms with E-state index in [1.807, 2.05) is 5.38 Å². The average Bonchev–Trinajstić information content (AvgIpc) is 2.54. The van der Waals surface area contributed by atoms with Crippen LogP contribution in [0, 0.1) is 5.92 Å². The molecule has 2 heterocycles. The maximum absolute atomic E-state index is 10.5. The lowest BCUT2D eigenvalue weighted by molar-refractivity contribution is -0.136. The molecule has 0 aromatic carbocycles. The summed E-state index contributed by atoms with van der Waals surface area (Å²) >= 11 is 1.53. The largest absolute Gasteiger partial charge is 0.481 e. The van der Waals surface area contributed by atoms with Crippen LogP contribution in [0.5, 0.6) is 0 Å². The molecule has 1 fully saturated rings. The van der Waals surface area contributed by atoms with Crippen LogP contribution in [0.15, 0.2) is 5.38 Å². The average molecular weight is 256 g/mol. The van der Waals surface area contributed by atoms with Gasteiger partial charge in [0.25, 0.3) is 0 Å². The van der Waals surface area contributed by atoms with Crippen LogP contribution in [0.1, 0.15) is 10.7 Å². The van der Waals surface area contributed by atoms with E-state index in [-0.39, 0.29) is 6.42 Å². The molecule has 1 unspecified atom stereocenters. The van der Waals surface area contributed by atoms with E-state index in [1.54, 1.807) is 0 Å². The van der Waals surface area contributed by atoms with E-state index in [9.17, 15) is 4.79 Å². The van der Waals surface area contributed by atoms with E-state index < -0.39 is 5.97 Å². The van der Waals surface area contributed by atoms with Crippen molar-refractivity contribution < 1.29 is 14.6 Å². The Morgan fingerprint density at radius 1 is 1.71 bits per heavy atom. The van der Waals surface area contributed by atoms with Gasteiger partial charge in [-0.15, -0.1) is 11.3 Å². The molecule has 0 saturated carbocycles. The summed E-state index contributed by atoms with van der Waals surface area (Å²) in [5.74, 6) is -0.400. The third-order valence-corrected chi connectivity index (χ3v) is 3.52. The number of hydrogen-bond donors (Lipinski definition) is 2. The van der Waals surface area contributed by atoms with Crippen molar-refractivity contribution >= 4 is 17.3 Å². The Balaban J connectivity index is 1.89. The van der Waals surface area contributed by atoms with Crippen LogP contribution in [0.3, 0.4) is 0 Å². The zero-order chi connectivity index (χ0) is 12.1. The Kier molecular flexibility index (Phi) is 4.47. The van der Waals surface area contributed by atoms with Gasteiger partial charge in [-0.3, -0.25) is 4.79 Å². The normalized spacial score (nSPS) is 21.1. The van der Waals surface area contributed by atoms with Gasteiger partial charge in [0, 0.05) is 30.8 Å². The molecule has 1 atom stereocenters. The van der Waals surface area contributed by atoms with E-state index in [1.165, 1.54) is 11.3 Å². The summed E-state index contributed by atoms with van der Waals surface area (Å²) in [6.07, 6.45) is 0.868. The number of aromatic nitrogens is 1. The number of thiazole rings is 1. The number of nitrogens with one attached hydrogen (secondary N) is 1. The summed E-state index contributed by atoms with van der Waals surface area (Å²) in [4.78, 5) is 14.9. The first-order valence-electron chi connectivity index (χ1n) is 5.67. The number of carboxylic acids is 1. The van der Waals surface area contributed by atoms with Crippen LogP contribution in [-0.2, 0) is 22.4 Å². The molecule has 1 saturated heterocycles. The molecule has 1 aliphatic rings. The summed E-state index contributed by atoms with van der Waals surface area (Å²) < 4.78 is 5.47. The molecule has 6 heteroatoms. The third kappa shape index (κ3) is 4.07. The Bertz CT molecular complexity index is 373. The van der Waals surface area contributed by atoms with Crippen molar-refractivity contribution in [2.75, 3.05) is 26.3 Å². The van der Waals surface area contributed by atoms with Crippen LogP contribution in [0.4, 0.5) is 0 Å². The quantitative estimate of drug-likeness (QED) is 0.823. The van der Waals surface area contributed by atoms with Gasteiger partial charge in [-0.05, 0) is 0 Å². The summed E-state index contributed by atoms with van der Waals surface area (Å²) in [7, 11) is 0. The van der Waals surface area contributed by atoms with Crippen LogP contribution < -0.4 is 5.32 Å². The van der Waals surface area contributed by atoms with E-state index in [4.69, 9.17) is 9.84 Å². The van der Waals surface area contributed by atoms with Gasteiger partial charge in [0.2, 0.25) is 0 Å². The standard InChI is InChI=1S/C11H16N2O3S/c14-11(15)4-9-7-17-10(13-9)3-8-5-12-1-2-16-6-8/h7-8,12H,1-6H2,(H,14,15). The smallest absolute Gasteiger partial charge is 0.309 e. The molecule has 5 nitrogen and oxygen atoms in total. The van der Waals surface area contributed by atoms with Gasteiger partial charge >= 0.3 is 5.97 Å². The number of nitrogens with zero attached hydrogens (tertiary/aromatic N) is 1. The Morgan fingerprint density at radius 2 is 2.59 bits per heavy atom. The molecule has 1 aliphatic heterocycles. The maximum atomic E-state index is 10.5. The number of carbonyl (C=O) groups is 1. The van der Waals surface area contributed by atoms with Gasteiger partial charge in [-0.2, -0.15) is 0 Å². The lowest BCUT2D eigenvalue weighted by Gasteiger charge is -2.11.